The van der Waals surface area contributed by atoms with Crippen molar-refractivity contribution in [2.24, 2.45) is 0 Å². The monoisotopic (exact) mass is 331 g/mol. The van der Waals surface area contributed by atoms with Gasteiger partial charge in [-0.05, 0) is 48.9 Å². The Kier molecular flexibility index (Phi) is 5.03. The van der Waals surface area contributed by atoms with E-state index in [2.05, 4.69) is 28.9 Å². The molecule has 0 heterocycles. The van der Waals surface area contributed by atoms with Crippen molar-refractivity contribution < 1.29 is 9.47 Å². The molecule has 0 amide bonds. The summed E-state index contributed by atoms with van der Waals surface area (Å²) >= 11 is 3.33. The van der Waals surface area contributed by atoms with Crippen LogP contribution in [0.4, 0.5) is 0 Å². The maximum atomic E-state index is 9.09. The van der Waals surface area contributed by atoms with Crippen LogP contribution in [0.2, 0.25) is 0 Å². The zero-order valence-corrected chi connectivity index (χ0v) is 12.7. The summed E-state index contributed by atoms with van der Waals surface area (Å²) in [7, 11) is 0. The van der Waals surface area contributed by atoms with Crippen molar-refractivity contribution in [1.29, 1.82) is 5.26 Å². The molecule has 0 N–H and O–H groups in total. The fraction of sp³-hybridized carbons (Fsp3) is 0.188. The average Bonchev–Trinajstić information content (AvgIpc) is 2.48. The van der Waals surface area contributed by atoms with Gasteiger partial charge in [0.2, 0.25) is 0 Å². The van der Waals surface area contributed by atoms with E-state index in [0.29, 0.717) is 23.7 Å². The quantitative estimate of drug-likeness (QED) is 0.782. The molecule has 2 aromatic carbocycles. The minimum atomic E-state index is 0.491. The number of ether oxygens (including phenoxy) is 2. The van der Waals surface area contributed by atoms with Crippen LogP contribution in [-0.2, 0) is 0 Å². The summed E-state index contributed by atoms with van der Waals surface area (Å²) in [5, 5.41) is 9.09. The molecule has 0 saturated carbocycles. The van der Waals surface area contributed by atoms with Crippen molar-refractivity contribution in [2.45, 2.75) is 13.3 Å². The standard InChI is InChI=1S/C16H14BrNO2/c1-2-9-19-14-4-6-15(7-5-14)20-16-8-3-13(17)10-12(16)11-18/h3-8,10H,2,9H2,1H3. The molecule has 20 heavy (non-hydrogen) atoms. The van der Waals surface area contributed by atoms with E-state index in [4.69, 9.17) is 14.7 Å². The summed E-state index contributed by atoms with van der Waals surface area (Å²) in [5.41, 5.74) is 0.491. The molecule has 0 fully saturated rings. The van der Waals surface area contributed by atoms with Gasteiger partial charge in [0, 0.05) is 4.47 Å². The number of nitrogens with zero attached hydrogens (tertiary/aromatic N) is 1. The molecule has 3 nitrogen and oxygen atoms in total. The highest BCUT2D eigenvalue weighted by atomic mass is 79.9. The Morgan fingerprint density at radius 2 is 1.80 bits per heavy atom. The van der Waals surface area contributed by atoms with Gasteiger partial charge in [-0.25, -0.2) is 0 Å². The second kappa shape index (κ2) is 6.97. The van der Waals surface area contributed by atoms with E-state index in [1.165, 1.54) is 0 Å². The third-order valence-corrected chi connectivity index (χ3v) is 3.08. The van der Waals surface area contributed by atoms with Crippen LogP contribution in [0.15, 0.2) is 46.9 Å². The van der Waals surface area contributed by atoms with Crippen LogP contribution >= 0.6 is 15.9 Å². The van der Waals surface area contributed by atoms with Crippen LogP contribution in [0.25, 0.3) is 0 Å². The van der Waals surface area contributed by atoms with Crippen molar-refractivity contribution in [3.8, 4) is 23.3 Å². The molecular formula is C16H14BrNO2. The van der Waals surface area contributed by atoms with Gasteiger partial charge < -0.3 is 9.47 Å². The van der Waals surface area contributed by atoms with Crippen molar-refractivity contribution in [1.82, 2.24) is 0 Å². The molecule has 0 saturated heterocycles. The lowest BCUT2D eigenvalue weighted by Gasteiger charge is -2.09. The van der Waals surface area contributed by atoms with Crippen molar-refractivity contribution >= 4 is 15.9 Å². The summed E-state index contributed by atoms with van der Waals surface area (Å²) in [5.74, 6) is 2.03. The van der Waals surface area contributed by atoms with E-state index in [-0.39, 0.29) is 0 Å². The predicted molar refractivity (Wildman–Crippen MR) is 81.2 cm³/mol. The minimum absolute atomic E-state index is 0.491. The second-order valence-corrected chi connectivity index (χ2v) is 5.09. The zero-order valence-electron chi connectivity index (χ0n) is 11.1. The molecule has 0 spiro atoms. The molecule has 0 unspecified atom stereocenters. The molecule has 0 bridgehead atoms. The Labute approximate surface area is 126 Å². The Hall–Kier alpha value is -1.99. The Morgan fingerprint density at radius 1 is 1.10 bits per heavy atom. The van der Waals surface area contributed by atoms with E-state index in [1.807, 2.05) is 30.3 Å². The van der Waals surface area contributed by atoms with Crippen LogP contribution in [0.5, 0.6) is 17.2 Å². The average molecular weight is 332 g/mol. The topological polar surface area (TPSA) is 42.2 Å². The van der Waals surface area contributed by atoms with E-state index in [9.17, 15) is 0 Å². The van der Waals surface area contributed by atoms with Gasteiger partial charge in [-0.2, -0.15) is 5.26 Å². The lowest BCUT2D eigenvalue weighted by Crippen LogP contribution is -1.94. The molecule has 4 heteroatoms. The highest BCUT2D eigenvalue weighted by Crippen LogP contribution is 2.28. The lowest BCUT2D eigenvalue weighted by molar-refractivity contribution is 0.317. The fourth-order valence-electron chi connectivity index (χ4n) is 1.63. The number of hydrogen-bond acceptors (Lipinski definition) is 3. The van der Waals surface area contributed by atoms with Gasteiger partial charge >= 0.3 is 0 Å². The fourth-order valence-corrected chi connectivity index (χ4v) is 1.99. The minimum Gasteiger partial charge on any atom is -0.494 e. The first kappa shape index (κ1) is 14.4. The largest absolute Gasteiger partial charge is 0.494 e. The molecule has 2 aromatic rings. The molecule has 0 atom stereocenters. The summed E-state index contributed by atoms with van der Waals surface area (Å²) in [6.45, 7) is 2.76. The summed E-state index contributed by atoms with van der Waals surface area (Å²) in [4.78, 5) is 0. The van der Waals surface area contributed by atoms with Gasteiger partial charge in [0.1, 0.15) is 23.3 Å². The first-order valence-corrected chi connectivity index (χ1v) is 7.12. The first-order valence-electron chi connectivity index (χ1n) is 6.33. The molecular weight excluding hydrogens is 318 g/mol. The van der Waals surface area contributed by atoms with Crippen molar-refractivity contribution in [2.75, 3.05) is 6.61 Å². The summed E-state index contributed by atoms with van der Waals surface area (Å²) < 4.78 is 12.1. The van der Waals surface area contributed by atoms with Gasteiger partial charge in [-0.1, -0.05) is 22.9 Å². The van der Waals surface area contributed by atoms with Gasteiger partial charge in [-0.15, -0.1) is 0 Å². The van der Waals surface area contributed by atoms with Crippen molar-refractivity contribution in [3.05, 3.63) is 52.5 Å². The molecule has 0 radical (unpaired) electrons. The number of rotatable bonds is 5. The van der Waals surface area contributed by atoms with Crippen LogP contribution in [-0.4, -0.2) is 6.61 Å². The molecule has 2 rings (SSSR count). The molecule has 0 aliphatic carbocycles. The van der Waals surface area contributed by atoms with Crippen LogP contribution in [0.3, 0.4) is 0 Å². The number of halogens is 1. The molecule has 102 valence electrons. The zero-order chi connectivity index (χ0) is 14.4. The SMILES string of the molecule is CCCOc1ccc(Oc2ccc(Br)cc2C#N)cc1. The van der Waals surface area contributed by atoms with Crippen LogP contribution < -0.4 is 9.47 Å². The summed E-state index contributed by atoms with van der Waals surface area (Å²) in [6, 6.07) is 14.8. The predicted octanol–water partition coefficient (Wildman–Crippen LogP) is 4.90. The molecule has 0 aliphatic heterocycles. The van der Waals surface area contributed by atoms with Crippen LogP contribution in [0, 0.1) is 11.3 Å². The number of hydrogen-bond donors (Lipinski definition) is 0. The van der Waals surface area contributed by atoms with E-state index in [0.717, 1.165) is 16.6 Å². The molecule has 0 aromatic heterocycles. The third kappa shape index (κ3) is 3.75. The highest BCUT2D eigenvalue weighted by molar-refractivity contribution is 9.10. The number of nitriles is 1. The maximum Gasteiger partial charge on any atom is 0.145 e. The van der Waals surface area contributed by atoms with E-state index < -0.39 is 0 Å². The maximum absolute atomic E-state index is 9.09. The van der Waals surface area contributed by atoms with Gasteiger partial charge in [0.25, 0.3) is 0 Å². The number of benzene rings is 2. The Bertz CT molecular complexity index is 617. The van der Waals surface area contributed by atoms with E-state index in [1.54, 1.807) is 12.1 Å². The molecule has 0 aliphatic rings. The lowest BCUT2D eigenvalue weighted by atomic mass is 10.2. The van der Waals surface area contributed by atoms with Gasteiger partial charge in [0.15, 0.2) is 0 Å². The first-order chi connectivity index (χ1) is 9.72. The highest BCUT2D eigenvalue weighted by Gasteiger charge is 2.05. The second-order valence-electron chi connectivity index (χ2n) is 4.17. The van der Waals surface area contributed by atoms with Crippen molar-refractivity contribution in [3.63, 3.8) is 0 Å². The normalized spacial score (nSPS) is 9.85. The summed E-state index contributed by atoms with van der Waals surface area (Å²) in [6.07, 6.45) is 0.975. The van der Waals surface area contributed by atoms with E-state index >= 15 is 0 Å². The Balaban J connectivity index is 2.12. The smallest absolute Gasteiger partial charge is 0.145 e. The van der Waals surface area contributed by atoms with Gasteiger partial charge in [0.05, 0.1) is 12.2 Å². The van der Waals surface area contributed by atoms with Gasteiger partial charge in [-0.3, -0.25) is 0 Å². The van der Waals surface area contributed by atoms with Crippen LogP contribution in [0.1, 0.15) is 18.9 Å². The third-order valence-electron chi connectivity index (χ3n) is 2.59. The Morgan fingerprint density at radius 3 is 2.45 bits per heavy atom.